The van der Waals surface area contributed by atoms with E-state index in [1.54, 1.807) is 25.9 Å². The van der Waals surface area contributed by atoms with Crippen LogP contribution in [0.4, 0.5) is 4.79 Å². The average molecular weight is 551 g/mol. The van der Waals surface area contributed by atoms with E-state index in [0.717, 1.165) is 27.1 Å². The minimum absolute atomic E-state index is 0.106. The topological polar surface area (TPSA) is 94.7 Å². The van der Waals surface area contributed by atoms with E-state index in [2.05, 4.69) is 34.6 Å². The first kappa shape index (κ1) is 26.6. The third kappa shape index (κ3) is 4.34. The maximum Gasteiger partial charge on any atom is 0.328 e. The summed E-state index contributed by atoms with van der Waals surface area (Å²) >= 11 is 0. The summed E-state index contributed by atoms with van der Waals surface area (Å²) in [5.41, 5.74) is 3.72. The molecule has 0 spiro atoms. The normalized spacial score (nSPS) is 18.9. The second-order valence-corrected chi connectivity index (χ2v) is 11.0. The second kappa shape index (κ2) is 10.4. The predicted octanol–water partition coefficient (Wildman–Crippen LogP) is 4.94. The smallest absolute Gasteiger partial charge is 0.328 e. The fraction of sp³-hybridized carbons (Fsp3) is 0.303. The third-order valence-corrected chi connectivity index (χ3v) is 8.70. The number of benzene rings is 3. The van der Waals surface area contributed by atoms with Gasteiger partial charge in [-0.2, -0.15) is 0 Å². The lowest BCUT2D eigenvalue weighted by Crippen LogP contribution is -2.50. The van der Waals surface area contributed by atoms with E-state index in [9.17, 15) is 14.4 Å². The molecule has 1 aromatic heterocycles. The van der Waals surface area contributed by atoms with Gasteiger partial charge in [0.2, 0.25) is 5.91 Å². The number of ether oxygens (including phenoxy) is 1. The van der Waals surface area contributed by atoms with Crippen molar-refractivity contribution in [3.8, 4) is 5.75 Å². The third-order valence-electron chi connectivity index (χ3n) is 8.70. The van der Waals surface area contributed by atoms with Gasteiger partial charge in [-0.1, -0.05) is 60.7 Å². The fourth-order valence-corrected chi connectivity index (χ4v) is 6.41. The highest BCUT2D eigenvalue weighted by molar-refractivity contribution is 6.11. The second-order valence-electron chi connectivity index (χ2n) is 11.0. The first-order valence-corrected chi connectivity index (χ1v) is 14.1. The molecule has 3 aromatic carbocycles. The van der Waals surface area contributed by atoms with Gasteiger partial charge in [-0.25, -0.2) is 9.69 Å². The molecule has 1 fully saturated rings. The Balaban J connectivity index is 1.20. The minimum atomic E-state index is -1.21. The number of nitrogens with zero attached hydrogens (tertiary/aromatic N) is 2. The van der Waals surface area contributed by atoms with Crippen molar-refractivity contribution in [1.29, 1.82) is 0 Å². The van der Waals surface area contributed by atoms with Gasteiger partial charge in [-0.15, -0.1) is 0 Å². The Morgan fingerprint density at radius 3 is 2.32 bits per heavy atom. The zero-order valence-electron chi connectivity index (χ0n) is 23.5. The molecule has 3 heterocycles. The number of carbonyl (C=O) groups is 3. The van der Waals surface area contributed by atoms with Crippen LogP contribution in [0, 0.1) is 0 Å². The molecule has 2 N–H and O–H groups in total. The molecule has 0 aliphatic carbocycles. The Hall–Kier alpha value is -4.59. The molecule has 2 aliphatic heterocycles. The Morgan fingerprint density at radius 1 is 1.02 bits per heavy atom. The van der Waals surface area contributed by atoms with E-state index in [-0.39, 0.29) is 11.8 Å². The summed E-state index contributed by atoms with van der Waals surface area (Å²) in [5.74, 6) is 0.0945. The first-order chi connectivity index (χ1) is 19.8. The molecule has 8 heteroatoms. The molecule has 2 unspecified atom stereocenters. The van der Waals surface area contributed by atoms with Crippen LogP contribution in [0.25, 0.3) is 10.9 Å². The molecule has 8 nitrogen and oxygen atoms in total. The van der Waals surface area contributed by atoms with E-state index >= 15 is 0 Å². The van der Waals surface area contributed by atoms with Gasteiger partial charge in [0.25, 0.3) is 5.91 Å². The van der Waals surface area contributed by atoms with Crippen LogP contribution in [-0.2, 0) is 21.5 Å². The molecule has 41 heavy (non-hydrogen) atoms. The Kier molecular flexibility index (Phi) is 6.77. The van der Waals surface area contributed by atoms with Crippen LogP contribution in [0.15, 0.2) is 78.9 Å². The quantitative estimate of drug-likeness (QED) is 0.304. The molecule has 0 radical (unpaired) electrons. The van der Waals surface area contributed by atoms with Gasteiger partial charge in [-0.3, -0.25) is 9.59 Å². The highest BCUT2D eigenvalue weighted by Crippen LogP contribution is 2.45. The van der Waals surface area contributed by atoms with Gasteiger partial charge in [-0.05, 0) is 61.6 Å². The first-order valence-electron chi connectivity index (χ1n) is 14.1. The number of aromatic nitrogens is 1. The summed E-state index contributed by atoms with van der Waals surface area (Å²) in [5, 5.41) is 3.97. The summed E-state index contributed by atoms with van der Waals surface area (Å²) < 4.78 is 5.41. The number of carbonyl (C=O) groups excluding carboxylic acids is 3. The number of hydrogen-bond donors (Lipinski definition) is 2. The van der Waals surface area contributed by atoms with Crippen molar-refractivity contribution in [2.45, 2.75) is 44.2 Å². The summed E-state index contributed by atoms with van der Waals surface area (Å²) in [6.45, 7) is 4.18. The number of aromatic amines is 1. The van der Waals surface area contributed by atoms with Gasteiger partial charge in [0.05, 0.1) is 12.8 Å². The Morgan fingerprint density at radius 2 is 1.68 bits per heavy atom. The molecular formula is C33H34N4O4. The molecule has 210 valence electrons. The predicted molar refractivity (Wildman–Crippen MR) is 157 cm³/mol. The number of hydrogen-bond acceptors (Lipinski definition) is 4. The zero-order valence-corrected chi connectivity index (χ0v) is 23.5. The number of imide groups is 1. The molecule has 4 amide bonds. The Labute approximate surface area is 239 Å². The van der Waals surface area contributed by atoms with Crippen molar-refractivity contribution in [1.82, 2.24) is 20.1 Å². The van der Waals surface area contributed by atoms with Crippen LogP contribution in [0.3, 0.4) is 0 Å². The van der Waals surface area contributed by atoms with Crippen molar-refractivity contribution in [3.63, 3.8) is 0 Å². The summed E-state index contributed by atoms with van der Waals surface area (Å²) in [4.78, 5) is 47.0. The van der Waals surface area contributed by atoms with Crippen LogP contribution >= 0.6 is 0 Å². The van der Waals surface area contributed by atoms with E-state index < -0.39 is 23.5 Å². The standard InChI is InChI=1S/C33H34N4O4/c1-21(30(38)34-18-16-25(22-10-6-4-7-11-22)23-12-8-5-9-13-23)37-31(39)33(2)29-26(17-19-36(33)32(37)40)27-20-24(41-3)14-15-28(27)35-29/h4-15,20-21,25,35H,16-19H2,1-3H3,(H,34,38). The van der Waals surface area contributed by atoms with Crippen molar-refractivity contribution in [2.24, 2.45) is 0 Å². The minimum Gasteiger partial charge on any atom is -0.497 e. The van der Waals surface area contributed by atoms with E-state index in [0.29, 0.717) is 31.6 Å². The van der Waals surface area contributed by atoms with Gasteiger partial charge < -0.3 is 19.9 Å². The highest BCUT2D eigenvalue weighted by Gasteiger charge is 2.60. The van der Waals surface area contributed by atoms with Crippen LogP contribution in [0.5, 0.6) is 5.75 Å². The van der Waals surface area contributed by atoms with Crippen LogP contribution in [0.2, 0.25) is 0 Å². The van der Waals surface area contributed by atoms with Crippen LogP contribution < -0.4 is 10.1 Å². The Bertz CT molecular complexity index is 1580. The van der Waals surface area contributed by atoms with Crippen LogP contribution in [-0.4, -0.2) is 58.9 Å². The van der Waals surface area contributed by atoms with Crippen molar-refractivity contribution >= 4 is 28.7 Å². The lowest BCUT2D eigenvalue weighted by atomic mass is 9.87. The SMILES string of the molecule is COc1ccc2[nH]c3c(c2c1)CCN1C(=O)N(C(C)C(=O)NCCC(c2ccccc2)c2ccccc2)C(=O)C31C. The highest BCUT2D eigenvalue weighted by atomic mass is 16.5. The number of fused-ring (bicyclic) bond motifs is 5. The number of urea groups is 1. The van der Waals surface area contributed by atoms with Gasteiger partial charge >= 0.3 is 6.03 Å². The van der Waals surface area contributed by atoms with E-state index in [1.807, 2.05) is 54.6 Å². The van der Waals surface area contributed by atoms with Gasteiger partial charge in [0.1, 0.15) is 11.8 Å². The van der Waals surface area contributed by atoms with Gasteiger partial charge in [0.15, 0.2) is 5.54 Å². The molecule has 0 bridgehead atoms. The zero-order chi connectivity index (χ0) is 28.7. The molecular weight excluding hydrogens is 516 g/mol. The molecule has 4 aromatic rings. The summed E-state index contributed by atoms with van der Waals surface area (Å²) in [6.07, 6.45) is 1.28. The molecule has 2 aliphatic rings. The number of methoxy groups -OCH3 is 1. The number of rotatable bonds is 8. The number of nitrogens with one attached hydrogen (secondary N) is 2. The number of H-pyrrole nitrogens is 1. The fourth-order valence-electron chi connectivity index (χ4n) is 6.41. The summed E-state index contributed by atoms with van der Waals surface area (Å²) in [7, 11) is 1.62. The number of amides is 4. The van der Waals surface area contributed by atoms with Crippen LogP contribution in [0.1, 0.15) is 48.6 Å². The van der Waals surface area contributed by atoms with Gasteiger partial charge in [0, 0.05) is 29.9 Å². The average Bonchev–Trinajstić information content (AvgIpc) is 3.47. The largest absolute Gasteiger partial charge is 0.497 e. The molecule has 1 saturated heterocycles. The van der Waals surface area contributed by atoms with Crippen molar-refractivity contribution in [2.75, 3.05) is 20.2 Å². The van der Waals surface area contributed by atoms with Crippen molar-refractivity contribution in [3.05, 3.63) is 101 Å². The lowest BCUT2D eigenvalue weighted by molar-refractivity contribution is -0.139. The maximum absolute atomic E-state index is 14.0. The van der Waals surface area contributed by atoms with Crippen molar-refractivity contribution < 1.29 is 19.1 Å². The molecule has 2 atom stereocenters. The van der Waals surface area contributed by atoms with E-state index in [1.165, 1.54) is 11.1 Å². The maximum atomic E-state index is 14.0. The monoisotopic (exact) mass is 550 g/mol. The summed E-state index contributed by atoms with van der Waals surface area (Å²) in [6, 6.07) is 24.8. The molecule has 0 saturated carbocycles. The van der Waals surface area contributed by atoms with E-state index in [4.69, 9.17) is 4.74 Å². The lowest BCUT2D eigenvalue weighted by Gasteiger charge is -2.36. The molecule has 6 rings (SSSR count).